The maximum atomic E-state index is 2.53. The van der Waals surface area contributed by atoms with Crippen LogP contribution in [-0.2, 0) is 18.4 Å². The summed E-state index contributed by atoms with van der Waals surface area (Å²) >= 11 is 0. The molecule has 0 amide bonds. The zero-order valence-corrected chi connectivity index (χ0v) is 12.7. The molecule has 3 atom stereocenters. The van der Waals surface area contributed by atoms with Gasteiger partial charge in [0.1, 0.15) is 0 Å². The predicted molar refractivity (Wildman–Crippen MR) is 79.5 cm³/mol. The Kier molecular flexibility index (Phi) is 2.29. The molecule has 1 aromatic rings. The molecule has 0 aromatic heterocycles. The SMILES string of the molecule is CN1Cc2cc(C(C)(C)C)cc3c2C(C1)C1CC1C3. The summed E-state index contributed by atoms with van der Waals surface area (Å²) < 4.78 is 0. The average molecular weight is 255 g/mol. The summed E-state index contributed by atoms with van der Waals surface area (Å²) in [7, 11) is 2.29. The van der Waals surface area contributed by atoms with E-state index in [1.807, 2.05) is 0 Å². The molecule has 1 fully saturated rings. The summed E-state index contributed by atoms with van der Waals surface area (Å²) in [6.45, 7) is 9.47. The molecule has 1 heteroatoms. The van der Waals surface area contributed by atoms with Crippen molar-refractivity contribution in [3.63, 3.8) is 0 Å². The van der Waals surface area contributed by atoms with Crippen LogP contribution in [0.4, 0.5) is 0 Å². The number of rotatable bonds is 0. The second-order valence-corrected chi connectivity index (χ2v) is 8.13. The van der Waals surface area contributed by atoms with Gasteiger partial charge in [0.25, 0.3) is 0 Å². The minimum Gasteiger partial charge on any atom is -0.301 e. The molecule has 0 radical (unpaired) electrons. The topological polar surface area (TPSA) is 3.24 Å². The predicted octanol–water partition coefficient (Wildman–Crippen LogP) is 3.71. The molecule has 19 heavy (non-hydrogen) atoms. The minimum absolute atomic E-state index is 0.275. The van der Waals surface area contributed by atoms with Gasteiger partial charge in [0.2, 0.25) is 0 Å². The molecule has 3 unspecified atom stereocenters. The fourth-order valence-electron chi connectivity index (χ4n) is 4.40. The molecular weight excluding hydrogens is 230 g/mol. The lowest BCUT2D eigenvalue weighted by atomic mass is 9.74. The maximum absolute atomic E-state index is 2.53. The quantitative estimate of drug-likeness (QED) is 0.683. The average Bonchev–Trinajstić information content (AvgIpc) is 3.06. The fourth-order valence-corrected chi connectivity index (χ4v) is 4.40. The first-order valence-electron chi connectivity index (χ1n) is 7.78. The largest absolute Gasteiger partial charge is 0.301 e. The van der Waals surface area contributed by atoms with Crippen molar-refractivity contribution in [2.45, 2.75) is 51.5 Å². The number of fused-ring (bicyclic) bond motifs is 2. The highest BCUT2D eigenvalue weighted by Crippen LogP contribution is 2.57. The smallest absolute Gasteiger partial charge is 0.0233 e. The highest BCUT2D eigenvalue weighted by molar-refractivity contribution is 5.48. The standard InChI is InChI=1S/C18H25N/c1-18(2,3)14-6-12-5-11-8-15(11)16-10-19(4)9-13(7-14)17(12)16/h6-7,11,15-16H,5,8-10H2,1-4H3. The van der Waals surface area contributed by atoms with Gasteiger partial charge in [-0.25, -0.2) is 0 Å². The Morgan fingerprint density at radius 3 is 2.63 bits per heavy atom. The summed E-state index contributed by atoms with van der Waals surface area (Å²) in [6.07, 6.45) is 2.84. The Morgan fingerprint density at radius 2 is 1.89 bits per heavy atom. The van der Waals surface area contributed by atoms with Crippen molar-refractivity contribution in [3.8, 4) is 0 Å². The number of benzene rings is 1. The van der Waals surface area contributed by atoms with Gasteiger partial charge in [-0.2, -0.15) is 0 Å². The second kappa shape index (κ2) is 3.63. The molecule has 0 spiro atoms. The van der Waals surface area contributed by atoms with Crippen molar-refractivity contribution < 1.29 is 0 Å². The molecule has 1 aromatic carbocycles. The van der Waals surface area contributed by atoms with Crippen LogP contribution >= 0.6 is 0 Å². The van der Waals surface area contributed by atoms with E-state index in [9.17, 15) is 0 Å². The van der Waals surface area contributed by atoms with Gasteiger partial charge < -0.3 is 4.90 Å². The second-order valence-electron chi connectivity index (χ2n) is 8.13. The zero-order valence-electron chi connectivity index (χ0n) is 12.7. The van der Waals surface area contributed by atoms with Crippen molar-refractivity contribution in [1.82, 2.24) is 4.90 Å². The summed E-state index contributed by atoms with van der Waals surface area (Å²) in [6, 6.07) is 5.04. The summed E-state index contributed by atoms with van der Waals surface area (Å²) in [5.74, 6) is 2.86. The van der Waals surface area contributed by atoms with Crippen LogP contribution in [0.2, 0.25) is 0 Å². The third-order valence-corrected chi connectivity index (χ3v) is 5.51. The maximum Gasteiger partial charge on any atom is 0.0233 e. The van der Waals surface area contributed by atoms with E-state index in [2.05, 4.69) is 44.9 Å². The first-order chi connectivity index (χ1) is 8.93. The number of likely N-dealkylation sites (N-methyl/N-ethyl adjacent to an activating group) is 1. The first-order valence-corrected chi connectivity index (χ1v) is 7.78. The van der Waals surface area contributed by atoms with E-state index in [4.69, 9.17) is 0 Å². The molecular formula is C18H25N. The molecule has 0 N–H and O–H groups in total. The lowest BCUT2D eigenvalue weighted by Gasteiger charge is -2.38. The summed E-state index contributed by atoms with van der Waals surface area (Å²) in [4.78, 5) is 2.53. The molecule has 3 aliphatic rings. The number of hydrogen-bond acceptors (Lipinski definition) is 1. The van der Waals surface area contributed by atoms with Gasteiger partial charge in [-0.15, -0.1) is 0 Å². The van der Waals surface area contributed by atoms with Gasteiger partial charge in [-0.05, 0) is 59.4 Å². The van der Waals surface area contributed by atoms with Crippen molar-refractivity contribution in [3.05, 3.63) is 34.4 Å². The third-order valence-electron chi connectivity index (χ3n) is 5.51. The van der Waals surface area contributed by atoms with E-state index in [-0.39, 0.29) is 5.41 Å². The Hall–Kier alpha value is -0.820. The molecule has 1 nitrogen and oxygen atoms in total. The van der Waals surface area contributed by atoms with Crippen LogP contribution in [0.5, 0.6) is 0 Å². The third kappa shape index (κ3) is 1.78. The Balaban J connectivity index is 1.89. The molecule has 1 heterocycles. The van der Waals surface area contributed by atoms with E-state index >= 15 is 0 Å². The van der Waals surface area contributed by atoms with Crippen LogP contribution in [0.25, 0.3) is 0 Å². The number of hydrogen-bond donors (Lipinski definition) is 0. The molecule has 0 bridgehead atoms. The first kappa shape index (κ1) is 12.0. The van der Waals surface area contributed by atoms with E-state index in [0.717, 1.165) is 24.3 Å². The lowest BCUT2D eigenvalue weighted by molar-refractivity contribution is 0.258. The lowest BCUT2D eigenvalue weighted by Crippen LogP contribution is -2.34. The Bertz CT molecular complexity index is 537. The Labute approximate surface area is 117 Å². The minimum atomic E-state index is 0.275. The van der Waals surface area contributed by atoms with Crippen molar-refractivity contribution in [2.75, 3.05) is 13.6 Å². The molecule has 1 saturated carbocycles. The van der Waals surface area contributed by atoms with Gasteiger partial charge in [0.05, 0.1) is 0 Å². The van der Waals surface area contributed by atoms with E-state index in [0.29, 0.717) is 0 Å². The highest BCUT2D eigenvalue weighted by atomic mass is 15.1. The summed E-state index contributed by atoms with van der Waals surface area (Å²) in [5, 5.41) is 0. The molecule has 1 aliphatic heterocycles. The molecule has 102 valence electrons. The van der Waals surface area contributed by atoms with E-state index in [1.165, 1.54) is 24.9 Å². The zero-order chi connectivity index (χ0) is 13.4. The van der Waals surface area contributed by atoms with Gasteiger partial charge in [-0.1, -0.05) is 32.9 Å². The van der Waals surface area contributed by atoms with E-state index in [1.54, 1.807) is 16.7 Å². The van der Waals surface area contributed by atoms with Crippen LogP contribution in [0.3, 0.4) is 0 Å². The Morgan fingerprint density at radius 1 is 1.16 bits per heavy atom. The van der Waals surface area contributed by atoms with Crippen molar-refractivity contribution >= 4 is 0 Å². The highest BCUT2D eigenvalue weighted by Gasteiger charge is 2.49. The number of nitrogens with zero attached hydrogens (tertiary/aromatic N) is 1. The molecule has 0 saturated heterocycles. The molecule has 2 aliphatic carbocycles. The van der Waals surface area contributed by atoms with Crippen LogP contribution in [0.15, 0.2) is 12.1 Å². The van der Waals surface area contributed by atoms with Crippen LogP contribution in [-0.4, -0.2) is 18.5 Å². The monoisotopic (exact) mass is 255 g/mol. The van der Waals surface area contributed by atoms with Crippen LogP contribution in [0.1, 0.15) is 55.4 Å². The molecule has 4 rings (SSSR count). The van der Waals surface area contributed by atoms with E-state index < -0.39 is 0 Å². The van der Waals surface area contributed by atoms with Gasteiger partial charge in [0.15, 0.2) is 0 Å². The normalized spacial score (nSPS) is 32.7. The fraction of sp³-hybridized carbons (Fsp3) is 0.667. The van der Waals surface area contributed by atoms with Gasteiger partial charge in [0, 0.05) is 19.0 Å². The summed E-state index contributed by atoms with van der Waals surface area (Å²) in [5.41, 5.74) is 6.89. The van der Waals surface area contributed by atoms with Gasteiger partial charge in [-0.3, -0.25) is 0 Å². The van der Waals surface area contributed by atoms with Crippen LogP contribution < -0.4 is 0 Å². The van der Waals surface area contributed by atoms with Crippen molar-refractivity contribution in [1.29, 1.82) is 0 Å². The van der Waals surface area contributed by atoms with Crippen molar-refractivity contribution in [2.24, 2.45) is 11.8 Å². The van der Waals surface area contributed by atoms with Crippen LogP contribution in [0, 0.1) is 11.8 Å². The van der Waals surface area contributed by atoms with Gasteiger partial charge >= 0.3 is 0 Å².